The third kappa shape index (κ3) is 5.01. The molecule has 2 N–H and O–H groups in total. The Bertz CT molecular complexity index is 1390. The highest BCUT2D eigenvalue weighted by atomic mass is 16.5. The number of nitrogens with one attached hydrogen (secondary N) is 2. The first-order chi connectivity index (χ1) is 17.0. The number of amides is 2. The normalized spacial score (nSPS) is 13.0. The van der Waals surface area contributed by atoms with E-state index in [1.54, 1.807) is 4.68 Å². The lowest BCUT2D eigenvalue weighted by atomic mass is 10.0. The van der Waals surface area contributed by atoms with Crippen LogP contribution in [0.25, 0.3) is 11.0 Å². The highest BCUT2D eigenvalue weighted by Crippen LogP contribution is 2.40. The molecule has 0 saturated heterocycles. The van der Waals surface area contributed by atoms with Gasteiger partial charge in [0.25, 0.3) is 11.8 Å². The molecule has 178 valence electrons. The zero-order valence-corrected chi connectivity index (χ0v) is 19.7. The van der Waals surface area contributed by atoms with Gasteiger partial charge in [0.1, 0.15) is 5.75 Å². The number of ether oxygens (including phenoxy) is 1. The third-order valence-electron chi connectivity index (χ3n) is 6.11. The summed E-state index contributed by atoms with van der Waals surface area (Å²) in [5.74, 6) is 0.144. The first-order valence-corrected chi connectivity index (χ1v) is 11.7. The highest BCUT2D eigenvalue weighted by molar-refractivity contribution is 6.07. The van der Waals surface area contributed by atoms with Gasteiger partial charge in [-0.2, -0.15) is 5.10 Å². The van der Waals surface area contributed by atoms with Gasteiger partial charge < -0.3 is 4.74 Å². The lowest BCUT2D eigenvalue weighted by molar-refractivity contribution is -0.123. The molecule has 2 aromatic heterocycles. The Kier molecular flexibility index (Phi) is 6.18. The number of rotatable bonds is 7. The van der Waals surface area contributed by atoms with Gasteiger partial charge in [-0.05, 0) is 43.0 Å². The number of benzene rings is 2. The van der Waals surface area contributed by atoms with Crippen molar-refractivity contribution in [3.05, 3.63) is 88.7 Å². The van der Waals surface area contributed by atoms with Crippen molar-refractivity contribution in [1.82, 2.24) is 25.6 Å². The number of nitrogens with zero attached hydrogens (tertiary/aromatic N) is 3. The molecular formula is C27H27N5O3. The van der Waals surface area contributed by atoms with Gasteiger partial charge in [-0.15, -0.1) is 0 Å². The van der Waals surface area contributed by atoms with Crippen molar-refractivity contribution >= 4 is 22.8 Å². The van der Waals surface area contributed by atoms with Gasteiger partial charge in [-0.1, -0.05) is 48.5 Å². The maximum absolute atomic E-state index is 13.0. The molecule has 8 nitrogen and oxygen atoms in total. The summed E-state index contributed by atoms with van der Waals surface area (Å²) in [6.45, 7) is 1.62. The SMILES string of the molecule is Cc1nn(C)c2nc(C3CC3)cc(C(=O)NNC(=O)COc3ccccc3Cc3ccccc3)c12. The van der Waals surface area contributed by atoms with Gasteiger partial charge in [0.05, 0.1) is 16.6 Å². The van der Waals surface area contributed by atoms with E-state index in [-0.39, 0.29) is 6.61 Å². The van der Waals surface area contributed by atoms with Gasteiger partial charge >= 0.3 is 0 Å². The summed E-state index contributed by atoms with van der Waals surface area (Å²) in [6, 6.07) is 19.5. The van der Waals surface area contributed by atoms with Crippen LogP contribution in [0, 0.1) is 6.92 Å². The minimum absolute atomic E-state index is 0.225. The summed E-state index contributed by atoms with van der Waals surface area (Å²) >= 11 is 0. The predicted octanol–water partition coefficient (Wildman–Crippen LogP) is 3.58. The quantitative estimate of drug-likeness (QED) is 0.403. The van der Waals surface area contributed by atoms with E-state index >= 15 is 0 Å². The van der Waals surface area contributed by atoms with Crippen LogP contribution in [0.2, 0.25) is 0 Å². The zero-order valence-electron chi connectivity index (χ0n) is 19.7. The Labute approximate surface area is 203 Å². The molecule has 2 amide bonds. The summed E-state index contributed by atoms with van der Waals surface area (Å²) < 4.78 is 7.46. The largest absolute Gasteiger partial charge is 0.483 e. The van der Waals surface area contributed by atoms with E-state index in [1.165, 1.54) is 0 Å². The summed E-state index contributed by atoms with van der Waals surface area (Å²) in [4.78, 5) is 30.2. The number of pyridine rings is 1. The topological polar surface area (TPSA) is 98.1 Å². The van der Waals surface area contributed by atoms with Crippen LogP contribution in [0.1, 0.15) is 51.6 Å². The van der Waals surface area contributed by atoms with E-state index in [4.69, 9.17) is 9.72 Å². The van der Waals surface area contributed by atoms with Crippen molar-refractivity contribution in [3.8, 4) is 5.75 Å². The van der Waals surface area contributed by atoms with E-state index in [2.05, 4.69) is 16.0 Å². The molecule has 1 aliphatic rings. The molecule has 2 aromatic carbocycles. The van der Waals surface area contributed by atoms with Gasteiger partial charge in [0.15, 0.2) is 12.3 Å². The van der Waals surface area contributed by atoms with Gasteiger partial charge in [0, 0.05) is 25.1 Å². The fourth-order valence-corrected chi connectivity index (χ4v) is 4.21. The number of hydrogen-bond acceptors (Lipinski definition) is 5. The van der Waals surface area contributed by atoms with E-state index in [1.807, 2.05) is 74.6 Å². The average molecular weight is 470 g/mol. The Morgan fingerprint density at radius 2 is 1.80 bits per heavy atom. The molecule has 8 heteroatoms. The van der Waals surface area contributed by atoms with Crippen molar-refractivity contribution in [1.29, 1.82) is 0 Å². The molecule has 0 radical (unpaired) electrons. The number of fused-ring (bicyclic) bond motifs is 1. The minimum Gasteiger partial charge on any atom is -0.483 e. The van der Waals surface area contributed by atoms with E-state index < -0.39 is 11.8 Å². The minimum atomic E-state index is -0.455. The Balaban J connectivity index is 1.23. The van der Waals surface area contributed by atoms with Crippen molar-refractivity contribution in [3.63, 3.8) is 0 Å². The molecule has 35 heavy (non-hydrogen) atoms. The van der Waals surface area contributed by atoms with Crippen LogP contribution >= 0.6 is 0 Å². The van der Waals surface area contributed by atoms with Crippen LogP contribution < -0.4 is 15.6 Å². The van der Waals surface area contributed by atoms with E-state index in [0.29, 0.717) is 40.4 Å². The summed E-state index contributed by atoms with van der Waals surface area (Å²) in [5, 5.41) is 5.11. The molecular weight excluding hydrogens is 442 g/mol. The molecule has 5 rings (SSSR count). The molecule has 0 atom stereocenters. The van der Waals surface area contributed by atoms with E-state index in [0.717, 1.165) is 29.7 Å². The lowest BCUT2D eigenvalue weighted by Gasteiger charge is -2.13. The molecule has 1 fully saturated rings. The van der Waals surface area contributed by atoms with Crippen LogP contribution in [0.15, 0.2) is 60.7 Å². The molecule has 1 saturated carbocycles. The average Bonchev–Trinajstić information content (AvgIpc) is 3.68. The summed E-state index contributed by atoms with van der Waals surface area (Å²) in [5.41, 5.74) is 9.84. The molecule has 4 aromatic rings. The second-order valence-electron chi connectivity index (χ2n) is 8.84. The predicted molar refractivity (Wildman–Crippen MR) is 132 cm³/mol. The first kappa shape index (κ1) is 22.6. The molecule has 1 aliphatic carbocycles. The number of carbonyl (C=O) groups excluding carboxylic acids is 2. The van der Waals surface area contributed by atoms with Gasteiger partial charge in [-0.3, -0.25) is 25.1 Å². The second-order valence-corrected chi connectivity index (χ2v) is 8.84. The third-order valence-corrected chi connectivity index (χ3v) is 6.11. The fraction of sp³-hybridized carbons (Fsp3) is 0.259. The van der Waals surface area contributed by atoms with Crippen molar-refractivity contribution in [2.75, 3.05) is 6.61 Å². The number of aryl methyl sites for hydroxylation is 2. The summed E-state index contributed by atoms with van der Waals surface area (Å²) in [7, 11) is 1.81. The van der Waals surface area contributed by atoms with Crippen molar-refractivity contribution in [2.45, 2.75) is 32.1 Å². The molecule has 2 heterocycles. The lowest BCUT2D eigenvalue weighted by Crippen LogP contribution is -2.44. The second kappa shape index (κ2) is 9.58. The molecule has 0 unspecified atom stereocenters. The fourth-order valence-electron chi connectivity index (χ4n) is 4.21. The number of aromatic nitrogens is 3. The maximum Gasteiger partial charge on any atom is 0.276 e. The maximum atomic E-state index is 13.0. The van der Waals surface area contributed by atoms with E-state index in [9.17, 15) is 9.59 Å². The number of para-hydroxylation sites is 1. The monoisotopic (exact) mass is 469 g/mol. The van der Waals surface area contributed by atoms with Crippen molar-refractivity contribution in [2.24, 2.45) is 7.05 Å². The zero-order chi connectivity index (χ0) is 24.4. The van der Waals surface area contributed by atoms with Crippen LogP contribution in [0.4, 0.5) is 0 Å². The van der Waals surface area contributed by atoms with Crippen LogP contribution in [0.3, 0.4) is 0 Å². The first-order valence-electron chi connectivity index (χ1n) is 11.7. The van der Waals surface area contributed by atoms with Gasteiger partial charge in [-0.25, -0.2) is 4.98 Å². The number of carbonyl (C=O) groups is 2. The Morgan fingerprint density at radius 1 is 1.06 bits per heavy atom. The molecule has 0 spiro atoms. The number of hydrogen-bond donors (Lipinski definition) is 2. The standard InChI is InChI=1S/C27H27N5O3/c1-17-25-21(15-22(19-12-13-19)28-26(25)32(2)31-17)27(34)30-29-24(33)16-35-23-11-7-6-10-20(23)14-18-8-4-3-5-9-18/h3-11,15,19H,12-14,16H2,1-2H3,(H,29,33)(H,30,34). The van der Waals surface area contributed by atoms with Crippen LogP contribution in [0.5, 0.6) is 5.75 Å². The van der Waals surface area contributed by atoms with Crippen molar-refractivity contribution < 1.29 is 14.3 Å². The van der Waals surface area contributed by atoms with Gasteiger partial charge in [0.2, 0.25) is 0 Å². The van der Waals surface area contributed by atoms with Crippen LogP contribution in [-0.4, -0.2) is 33.2 Å². The smallest absolute Gasteiger partial charge is 0.276 e. The summed E-state index contributed by atoms with van der Waals surface area (Å²) in [6.07, 6.45) is 2.83. The number of hydrazine groups is 1. The highest BCUT2D eigenvalue weighted by Gasteiger charge is 2.28. The van der Waals surface area contributed by atoms with Crippen LogP contribution in [-0.2, 0) is 18.3 Å². The Hall–Kier alpha value is -4.20. The Morgan fingerprint density at radius 3 is 2.57 bits per heavy atom. The molecule has 0 aliphatic heterocycles. The molecule has 0 bridgehead atoms.